The number of rotatable bonds is 36. The van der Waals surface area contributed by atoms with Crippen LogP contribution in [0.1, 0.15) is 219 Å². The van der Waals surface area contributed by atoms with Gasteiger partial charge in [0.2, 0.25) is 0 Å². The fourth-order valence-corrected chi connectivity index (χ4v) is 10.5. The number of benzene rings is 2. The molecular formula is C51H87O3P. The Bertz CT molecular complexity index is 1190. The zero-order valence-corrected chi connectivity index (χ0v) is 37.4. The molecule has 2 N–H and O–H groups in total. The minimum atomic E-state index is -4.35. The maximum absolute atomic E-state index is 12.0. The number of allylic oxidation sites excluding steroid dienone is 4. The van der Waals surface area contributed by atoms with E-state index in [4.69, 9.17) is 4.52 Å². The Morgan fingerprint density at radius 1 is 0.436 bits per heavy atom. The average molecular weight is 779 g/mol. The van der Waals surface area contributed by atoms with Crippen molar-refractivity contribution in [1.29, 1.82) is 0 Å². The van der Waals surface area contributed by atoms with Crippen molar-refractivity contribution in [1.82, 2.24) is 0 Å². The van der Waals surface area contributed by atoms with E-state index in [9.17, 15) is 9.79 Å². The van der Waals surface area contributed by atoms with E-state index in [-0.39, 0.29) is 5.41 Å². The molecule has 4 heteroatoms. The predicted molar refractivity (Wildman–Crippen MR) is 246 cm³/mol. The van der Waals surface area contributed by atoms with E-state index >= 15 is 0 Å². The van der Waals surface area contributed by atoms with Crippen molar-refractivity contribution in [2.45, 2.75) is 213 Å². The number of unbranched alkanes of at least 4 members (excludes halogenated alkanes) is 24. The van der Waals surface area contributed by atoms with Crippen molar-refractivity contribution in [3.63, 3.8) is 0 Å². The molecule has 0 saturated carbocycles. The van der Waals surface area contributed by atoms with Gasteiger partial charge in [0.15, 0.2) is 0 Å². The molecule has 0 unspecified atom stereocenters. The molecule has 0 aliphatic carbocycles. The zero-order valence-electron chi connectivity index (χ0n) is 36.5. The summed E-state index contributed by atoms with van der Waals surface area (Å²) in [5, 5.41) is 0. The third-order valence-corrected chi connectivity index (χ3v) is 14.7. The van der Waals surface area contributed by atoms with E-state index in [1.807, 2.05) is 12.1 Å². The minimum absolute atomic E-state index is 0.155. The van der Waals surface area contributed by atoms with Crippen molar-refractivity contribution in [3.8, 4) is 5.75 Å². The molecule has 2 aromatic rings. The van der Waals surface area contributed by atoms with Gasteiger partial charge in [0, 0.05) is 0 Å². The van der Waals surface area contributed by atoms with E-state index in [1.54, 1.807) is 0 Å². The van der Waals surface area contributed by atoms with E-state index in [0.717, 1.165) is 38.5 Å². The summed E-state index contributed by atoms with van der Waals surface area (Å²) in [4.78, 5) is 24.0. The second-order valence-corrected chi connectivity index (χ2v) is 20.9. The van der Waals surface area contributed by atoms with Crippen LogP contribution in [0, 0.1) is 0 Å². The second kappa shape index (κ2) is 30.2. The van der Waals surface area contributed by atoms with Crippen molar-refractivity contribution in [2.24, 2.45) is 0 Å². The average Bonchev–Trinajstić information content (AvgIpc) is 3.18. The summed E-state index contributed by atoms with van der Waals surface area (Å²) in [6, 6.07) is 18.6. The molecule has 0 amide bonds. The van der Waals surface area contributed by atoms with Crippen LogP contribution in [0.4, 0.5) is 0 Å². The maximum atomic E-state index is 12.0. The summed E-state index contributed by atoms with van der Waals surface area (Å²) in [7, 11) is -4.35. The van der Waals surface area contributed by atoms with Gasteiger partial charge in [0.1, 0.15) is 0 Å². The Labute approximate surface area is 341 Å². The Hall–Kier alpha value is -1.93. The third-order valence-electron chi connectivity index (χ3n) is 11.6. The monoisotopic (exact) mass is 779 g/mol. The first-order chi connectivity index (χ1) is 26.7. The Balaban J connectivity index is 1.77. The van der Waals surface area contributed by atoms with Crippen LogP contribution in [0.3, 0.4) is 0 Å². The number of hydrogen-bond donors (Lipinski definition) is 2. The van der Waals surface area contributed by atoms with Crippen LogP contribution in [0.25, 0.3) is 0 Å². The molecule has 0 bridgehead atoms. The molecule has 0 radical (unpaired) electrons. The first-order valence-electron chi connectivity index (χ1n) is 23.4. The quantitative estimate of drug-likeness (QED) is 0.0411. The molecule has 0 saturated heterocycles. The Kier molecular flexibility index (Phi) is 27.0. The van der Waals surface area contributed by atoms with Crippen LogP contribution in [0.2, 0.25) is 0 Å². The molecular weight excluding hydrogens is 692 g/mol. The Morgan fingerprint density at radius 2 is 0.764 bits per heavy atom. The molecule has 0 heterocycles. The van der Waals surface area contributed by atoms with Crippen LogP contribution >= 0.6 is 7.28 Å². The van der Waals surface area contributed by atoms with Gasteiger partial charge in [-0.3, -0.25) is 0 Å². The number of hydrogen-bond acceptors (Lipinski definition) is 3. The van der Waals surface area contributed by atoms with Gasteiger partial charge in [0.05, 0.1) is 0 Å². The zero-order chi connectivity index (χ0) is 39.8. The summed E-state index contributed by atoms with van der Waals surface area (Å²) in [6.45, 7) is 9.02. The molecule has 0 spiro atoms. The van der Waals surface area contributed by atoms with E-state index < -0.39 is 7.28 Å². The first kappa shape index (κ1) is 49.2. The molecule has 0 aliphatic heterocycles. The predicted octanol–water partition coefficient (Wildman–Crippen LogP) is 16.7. The molecule has 3 nitrogen and oxygen atoms in total. The topological polar surface area (TPSA) is 49.7 Å². The van der Waals surface area contributed by atoms with Gasteiger partial charge in [-0.15, -0.1) is 0 Å². The van der Waals surface area contributed by atoms with Gasteiger partial charge in [-0.1, -0.05) is 78.1 Å². The molecule has 0 fully saturated rings. The molecule has 0 aromatic heterocycles. The molecule has 2 rings (SSSR count). The molecule has 0 atom stereocenters. The van der Waals surface area contributed by atoms with Gasteiger partial charge in [-0.05, 0) is 0 Å². The van der Waals surface area contributed by atoms with E-state index in [1.165, 1.54) is 152 Å². The van der Waals surface area contributed by atoms with Crippen LogP contribution in [0.15, 0.2) is 78.9 Å². The second-order valence-electron chi connectivity index (χ2n) is 17.2. The van der Waals surface area contributed by atoms with E-state index in [2.05, 4.69) is 94.5 Å². The third kappa shape index (κ3) is 23.8. The van der Waals surface area contributed by atoms with Crippen LogP contribution < -0.4 is 4.52 Å². The summed E-state index contributed by atoms with van der Waals surface area (Å²) < 4.78 is 6.34. The SMILES string of the molecule is CCCCCCCC/C=C/CCCCCCCCP(O)(O)(CCCCCCCC/C=C/CCCCCCCC)Oc1ccc(C(C)(C)c2ccccc2)cc1. The molecule has 314 valence electrons. The van der Waals surface area contributed by atoms with Gasteiger partial charge >= 0.3 is 265 Å². The van der Waals surface area contributed by atoms with Gasteiger partial charge in [-0.2, -0.15) is 0 Å². The molecule has 55 heavy (non-hydrogen) atoms. The van der Waals surface area contributed by atoms with Gasteiger partial charge in [0.25, 0.3) is 0 Å². The summed E-state index contributed by atoms with van der Waals surface area (Å²) in [5.74, 6) is 0.573. The van der Waals surface area contributed by atoms with E-state index in [0.29, 0.717) is 18.1 Å². The summed E-state index contributed by atoms with van der Waals surface area (Å²) >= 11 is 0. The molecule has 0 aliphatic rings. The van der Waals surface area contributed by atoms with Gasteiger partial charge in [-0.25, -0.2) is 0 Å². The summed E-state index contributed by atoms with van der Waals surface area (Å²) in [5.41, 5.74) is 2.29. The van der Waals surface area contributed by atoms with Crippen molar-refractivity contribution < 1.29 is 14.3 Å². The molecule has 2 aromatic carbocycles. The fourth-order valence-electron chi connectivity index (χ4n) is 7.75. The van der Waals surface area contributed by atoms with Gasteiger partial charge < -0.3 is 0 Å². The van der Waals surface area contributed by atoms with Crippen LogP contribution in [-0.4, -0.2) is 22.1 Å². The normalized spacial score (nSPS) is 13.2. The van der Waals surface area contributed by atoms with Crippen molar-refractivity contribution in [3.05, 3.63) is 90.0 Å². The summed E-state index contributed by atoms with van der Waals surface area (Å²) in [6.07, 6.45) is 44.9. The fraction of sp³-hybridized carbons (Fsp3) is 0.686. The van der Waals surface area contributed by atoms with Crippen molar-refractivity contribution in [2.75, 3.05) is 12.3 Å². The Morgan fingerprint density at radius 3 is 1.15 bits per heavy atom. The standard InChI is InChI=1S/C51H87O3P/c1-5-7-9-11-13-15-17-19-21-23-25-27-29-31-33-38-46-55(52,53,47-39-34-32-30-28-26-24-22-20-18-16-14-12-10-8-6-2)54-50-44-42-49(43-45-50)51(3,4)48-40-36-35-37-41-48/h19-22,35-37,40-45,52-53H,5-18,23-34,38-39,46-47H2,1-4H3/b21-19+,22-20+. The van der Waals surface area contributed by atoms with Crippen molar-refractivity contribution >= 4 is 7.28 Å². The first-order valence-corrected chi connectivity index (χ1v) is 25.8. The van der Waals surface area contributed by atoms with Crippen LogP contribution in [0.5, 0.6) is 5.75 Å². The van der Waals surface area contributed by atoms with Crippen LogP contribution in [-0.2, 0) is 5.41 Å².